The molecule has 0 bridgehead atoms. The SMILES string of the molecule is Cc1cnccc1CNc1nnc(CCl)o1. The van der Waals surface area contributed by atoms with Gasteiger partial charge in [0.15, 0.2) is 0 Å². The molecule has 0 saturated carbocycles. The normalized spacial score (nSPS) is 10.4. The monoisotopic (exact) mass is 238 g/mol. The fourth-order valence-corrected chi connectivity index (χ4v) is 1.36. The van der Waals surface area contributed by atoms with Crippen molar-refractivity contribution in [3.63, 3.8) is 0 Å². The van der Waals surface area contributed by atoms with Crippen LogP contribution in [0.5, 0.6) is 0 Å². The van der Waals surface area contributed by atoms with Gasteiger partial charge in [0.25, 0.3) is 0 Å². The van der Waals surface area contributed by atoms with Crippen molar-refractivity contribution in [3.05, 3.63) is 35.5 Å². The molecular formula is C10H11ClN4O. The maximum Gasteiger partial charge on any atom is 0.315 e. The van der Waals surface area contributed by atoms with Gasteiger partial charge < -0.3 is 9.73 Å². The van der Waals surface area contributed by atoms with Gasteiger partial charge in [0.1, 0.15) is 5.88 Å². The summed E-state index contributed by atoms with van der Waals surface area (Å²) in [6.07, 6.45) is 3.57. The van der Waals surface area contributed by atoms with Crippen LogP contribution < -0.4 is 5.32 Å². The highest BCUT2D eigenvalue weighted by atomic mass is 35.5. The summed E-state index contributed by atoms with van der Waals surface area (Å²) in [6.45, 7) is 2.63. The summed E-state index contributed by atoms with van der Waals surface area (Å²) in [5.41, 5.74) is 2.26. The lowest BCUT2D eigenvalue weighted by Crippen LogP contribution is -2.01. The number of nitrogens with one attached hydrogen (secondary N) is 1. The average molecular weight is 239 g/mol. The molecule has 0 unspecified atom stereocenters. The Morgan fingerprint density at radius 3 is 3.00 bits per heavy atom. The zero-order chi connectivity index (χ0) is 11.4. The Bertz CT molecular complexity index is 471. The maximum absolute atomic E-state index is 5.55. The van der Waals surface area contributed by atoms with E-state index < -0.39 is 0 Å². The summed E-state index contributed by atoms with van der Waals surface area (Å²) in [6, 6.07) is 2.33. The lowest BCUT2D eigenvalue weighted by molar-refractivity contribution is 0.525. The van der Waals surface area contributed by atoms with Crippen molar-refractivity contribution in [3.8, 4) is 0 Å². The Morgan fingerprint density at radius 1 is 1.44 bits per heavy atom. The van der Waals surface area contributed by atoms with E-state index >= 15 is 0 Å². The lowest BCUT2D eigenvalue weighted by atomic mass is 10.2. The summed E-state index contributed by atoms with van der Waals surface area (Å²) in [5, 5.41) is 10.6. The number of rotatable bonds is 4. The van der Waals surface area contributed by atoms with Gasteiger partial charge in [0.2, 0.25) is 5.89 Å². The van der Waals surface area contributed by atoms with Crippen LogP contribution >= 0.6 is 11.6 Å². The maximum atomic E-state index is 5.55. The van der Waals surface area contributed by atoms with Gasteiger partial charge in [0.05, 0.1) is 0 Å². The first kappa shape index (κ1) is 10.9. The molecule has 0 aliphatic heterocycles. The molecule has 0 atom stereocenters. The van der Waals surface area contributed by atoms with Gasteiger partial charge in [-0.25, -0.2) is 0 Å². The summed E-state index contributed by atoms with van der Waals surface area (Å²) in [4.78, 5) is 4.02. The number of aromatic nitrogens is 3. The number of anilines is 1. The summed E-state index contributed by atoms with van der Waals surface area (Å²) >= 11 is 5.55. The molecule has 16 heavy (non-hydrogen) atoms. The van der Waals surface area contributed by atoms with E-state index in [1.54, 1.807) is 6.20 Å². The first-order valence-corrected chi connectivity index (χ1v) is 5.34. The molecule has 0 radical (unpaired) electrons. The average Bonchev–Trinajstić information content (AvgIpc) is 2.76. The van der Waals surface area contributed by atoms with Crippen molar-refractivity contribution in [2.24, 2.45) is 0 Å². The Balaban J connectivity index is 1.99. The molecule has 84 valence electrons. The van der Waals surface area contributed by atoms with Gasteiger partial charge in [-0.15, -0.1) is 16.7 Å². The van der Waals surface area contributed by atoms with Gasteiger partial charge in [-0.3, -0.25) is 4.98 Å². The molecule has 0 aliphatic rings. The fraction of sp³-hybridized carbons (Fsp3) is 0.300. The van der Waals surface area contributed by atoms with Crippen LogP contribution in [0, 0.1) is 6.92 Å². The fourth-order valence-electron chi connectivity index (χ4n) is 1.25. The van der Waals surface area contributed by atoms with Crippen LogP contribution in [0.15, 0.2) is 22.9 Å². The topological polar surface area (TPSA) is 63.8 Å². The first-order valence-electron chi connectivity index (χ1n) is 4.81. The number of halogens is 1. The molecule has 5 nitrogen and oxygen atoms in total. The highest BCUT2D eigenvalue weighted by Crippen LogP contribution is 2.11. The lowest BCUT2D eigenvalue weighted by Gasteiger charge is -2.04. The molecule has 0 aromatic carbocycles. The second-order valence-electron chi connectivity index (χ2n) is 3.29. The molecular weight excluding hydrogens is 228 g/mol. The first-order chi connectivity index (χ1) is 7.79. The number of nitrogens with zero attached hydrogens (tertiary/aromatic N) is 3. The minimum absolute atomic E-state index is 0.225. The van der Waals surface area contributed by atoms with Gasteiger partial charge in [-0.2, -0.15) is 0 Å². The number of hydrogen-bond donors (Lipinski definition) is 1. The molecule has 2 rings (SSSR count). The van der Waals surface area contributed by atoms with Crippen molar-refractivity contribution in [2.75, 3.05) is 5.32 Å². The van der Waals surface area contributed by atoms with Crippen molar-refractivity contribution >= 4 is 17.6 Å². The van der Waals surface area contributed by atoms with Crippen molar-refractivity contribution in [2.45, 2.75) is 19.3 Å². The van der Waals surface area contributed by atoms with Gasteiger partial charge >= 0.3 is 6.01 Å². The third-order valence-corrected chi connectivity index (χ3v) is 2.38. The van der Waals surface area contributed by atoms with Crippen LogP contribution in [0.2, 0.25) is 0 Å². The zero-order valence-electron chi connectivity index (χ0n) is 8.77. The van der Waals surface area contributed by atoms with Crippen LogP contribution in [0.3, 0.4) is 0 Å². The molecule has 0 saturated heterocycles. The van der Waals surface area contributed by atoms with E-state index in [1.807, 2.05) is 19.2 Å². The third kappa shape index (κ3) is 2.49. The minimum atomic E-state index is 0.225. The predicted octanol–water partition coefficient (Wildman–Crippen LogP) is 2.12. The number of hydrogen-bond acceptors (Lipinski definition) is 5. The molecule has 0 spiro atoms. The Hall–Kier alpha value is -1.62. The van der Waals surface area contributed by atoms with E-state index in [2.05, 4.69) is 20.5 Å². The number of pyridine rings is 1. The highest BCUT2D eigenvalue weighted by molar-refractivity contribution is 6.16. The Labute approximate surface area is 97.9 Å². The number of alkyl halides is 1. The second-order valence-corrected chi connectivity index (χ2v) is 3.56. The number of aryl methyl sites for hydroxylation is 1. The van der Waals surface area contributed by atoms with Crippen LogP contribution in [-0.2, 0) is 12.4 Å². The van der Waals surface area contributed by atoms with E-state index in [4.69, 9.17) is 16.0 Å². The van der Waals surface area contributed by atoms with Crippen molar-refractivity contribution in [1.82, 2.24) is 15.2 Å². The molecule has 0 fully saturated rings. The predicted molar refractivity (Wildman–Crippen MR) is 60.2 cm³/mol. The molecule has 2 heterocycles. The Morgan fingerprint density at radius 2 is 2.31 bits per heavy atom. The standard InChI is InChI=1S/C10H11ClN4O/c1-7-5-12-3-2-8(7)6-13-10-15-14-9(4-11)16-10/h2-3,5H,4,6H2,1H3,(H,13,15). The van der Waals surface area contributed by atoms with Crippen molar-refractivity contribution in [1.29, 1.82) is 0 Å². The van der Waals surface area contributed by atoms with E-state index in [1.165, 1.54) is 0 Å². The van der Waals surface area contributed by atoms with Crippen LogP contribution in [0.4, 0.5) is 6.01 Å². The van der Waals surface area contributed by atoms with Crippen LogP contribution in [-0.4, -0.2) is 15.2 Å². The van der Waals surface area contributed by atoms with E-state index in [-0.39, 0.29) is 5.88 Å². The second kappa shape index (κ2) is 4.94. The Kier molecular flexibility index (Phi) is 3.36. The van der Waals surface area contributed by atoms with Crippen molar-refractivity contribution < 1.29 is 4.42 Å². The van der Waals surface area contributed by atoms with Crippen LogP contribution in [0.25, 0.3) is 0 Å². The van der Waals surface area contributed by atoms with Gasteiger partial charge in [0, 0.05) is 18.9 Å². The quantitative estimate of drug-likeness (QED) is 0.827. The van der Waals surface area contributed by atoms with E-state index in [9.17, 15) is 0 Å². The summed E-state index contributed by atoms with van der Waals surface area (Å²) in [7, 11) is 0. The highest BCUT2D eigenvalue weighted by Gasteiger charge is 2.04. The molecule has 0 amide bonds. The molecule has 0 aliphatic carbocycles. The summed E-state index contributed by atoms with van der Waals surface area (Å²) in [5.74, 6) is 0.638. The largest absolute Gasteiger partial charge is 0.407 e. The van der Waals surface area contributed by atoms with E-state index in [0.29, 0.717) is 18.5 Å². The van der Waals surface area contributed by atoms with Gasteiger partial charge in [-0.05, 0) is 24.1 Å². The molecule has 6 heteroatoms. The smallest absolute Gasteiger partial charge is 0.315 e. The molecule has 2 aromatic rings. The third-order valence-electron chi connectivity index (χ3n) is 2.15. The summed E-state index contributed by atoms with van der Waals surface area (Å²) < 4.78 is 5.21. The zero-order valence-corrected chi connectivity index (χ0v) is 9.53. The molecule has 2 aromatic heterocycles. The van der Waals surface area contributed by atoms with Crippen LogP contribution in [0.1, 0.15) is 17.0 Å². The van der Waals surface area contributed by atoms with E-state index in [0.717, 1.165) is 11.1 Å². The molecule has 1 N–H and O–H groups in total. The minimum Gasteiger partial charge on any atom is -0.407 e. The van der Waals surface area contributed by atoms with Gasteiger partial charge in [-0.1, -0.05) is 5.10 Å².